The molecule has 2 aliphatic rings. The molecule has 4 nitrogen and oxygen atoms in total. The third-order valence-electron chi connectivity index (χ3n) is 4.97. The number of carbonyl (C=O) groups is 1. The van der Waals surface area contributed by atoms with Gasteiger partial charge in [-0.2, -0.15) is 13.2 Å². The van der Waals surface area contributed by atoms with Crippen LogP contribution >= 0.6 is 0 Å². The SMILES string of the molecule is O=C(Cc1cccc(C(F)(F)F)c1)N1CCCO[C@H](CN2CCCC2)C1. The second-order valence-corrected chi connectivity index (χ2v) is 7.07. The summed E-state index contributed by atoms with van der Waals surface area (Å²) in [7, 11) is 0. The fourth-order valence-electron chi connectivity index (χ4n) is 3.63. The van der Waals surface area contributed by atoms with Crippen molar-refractivity contribution in [2.24, 2.45) is 0 Å². The standard InChI is InChI=1S/C19H25F3N2O2/c20-19(21,22)16-6-3-5-15(11-16)12-18(25)24-9-4-10-26-17(14-24)13-23-7-1-2-8-23/h3,5-6,11,17H,1-2,4,7-10,12-14H2/t17-/m1/s1. The van der Waals surface area contributed by atoms with Gasteiger partial charge >= 0.3 is 6.18 Å². The molecule has 1 atom stereocenters. The maximum absolute atomic E-state index is 12.8. The Balaban J connectivity index is 1.60. The highest BCUT2D eigenvalue weighted by atomic mass is 19.4. The van der Waals surface area contributed by atoms with Gasteiger partial charge in [0.15, 0.2) is 0 Å². The van der Waals surface area contributed by atoms with E-state index in [0.717, 1.165) is 38.2 Å². The van der Waals surface area contributed by atoms with E-state index in [0.29, 0.717) is 25.3 Å². The fraction of sp³-hybridized carbons (Fsp3) is 0.632. The first-order valence-corrected chi connectivity index (χ1v) is 9.20. The molecule has 0 saturated carbocycles. The average molecular weight is 370 g/mol. The zero-order valence-electron chi connectivity index (χ0n) is 14.8. The number of nitrogens with zero attached hydrogens (tertiary/aromatic N) is 2. The van der Waals surface area contributed by atoms with Crippen molar-refractivity contribution in [3.63, 3.8) is 0 Å². The minimum Gasteiger partial charge on any atom is -0.375 e. The molecular formula is C19H25F3N2O2. The lowest BCUT2D eigenvalue weighted by molar-refractivity contribution is -0.138. The molecule has 0 bridgehead atoms. The predicted octanol–water partition coefficient (Wildman–Crippen LogP) is 2.96. The normalized spacial score (nSPS) is 22.4. The van der Waals surface area contributed by atoms with Gasteiger partial charge in [-0.25, -0.2) is 0 Å². The second kappa shape index (κ2) is 8.39. The van der Waals surface area contributed by atoms with Crippen LogP contribution in [0.1, 0.15) is 30.4 Å². The van der Waals surface area contributed by atoms with E-state index in [1.54, 1.807) is 11.0 Å². The van der Waals surface area contributed by atoms with E-state index >= 15 is 0 Å². The molecule has 26 heavy (non-hydrogen) atoms. The molecule has 0 aromatic heterocycles. The van der Waals surface area contributed by atoms with Gasteiger partial charge in [0.25, 0.3) is 0 Å². The highest BCUT2D eigenvalue weighted by molar-refractivity contribution is 5.78. The van der Waals surface area contributed by atoms with Crippen LogP contribution in [-0.4, -0.2) is 61.1 Å². The molecule has 2 saturated heterocycles. The van der Waals surface area contributed by atoms with Crippen LogP contribution in [0, 0.1) is 0 Å². The Morgan fingerprint density at radius 1 is 1.15 bits per heavy atom. The van der Waals surface area contributed by atoms with Gasteiger partial charge in [0, 0.05) is 26.2 Å². The molecule has 0 N–H and O–H groups in total. The average Bonchev–Trinajstić information content (AvgIpc) is 2.98. The van der Waals surface area contributed by atoms with Gasteiger partial charge in [-0.1, -0.05) is 18.2 Å². The Labute approximate surface area is 151 Å². The van der Waals surface area contributed by atoms with Crippen LogP contribution in [0.5, 0.6) is 0 Å². The number of rotatable bonds is 4. The number of hydrogen-bond acceptors (Lipinski definition) is 3. The van der Waals surface area contributed by atoms with E-state index < -0.39 is 11.7 Å². The molecule has 2 aliphatic heterocycles. The number of halogens is 3. The summed E-state index contributed by atoms with van der Waals surface area (Å²) >= 11 is 0. The zero-order valence-corrected chi connectivity index (χ0v) is 14.8. The first-order valence-electron chi connectivity index (χ1n) is 9.20. The lowest BCUT2D eigenvalue weighted by Gasteiger charge is -2.27. The quantitative estimate of drug-likeness (QED) is 0.817. The van der Waals surface area contributed by atoms with Crippen LogP contribution in [0.2, 0.25) is 0 Å². The molecule has 144 valence electrons. The van der Waals surface area contributed by atoms with Crippen molar-refractivity contribution < 1.29 is 22.7 Å². The maximum Gasteiger partial charge on any atom is 0.416 e. The van der Waals surface area contributed by atoms with E-state index in [4.69, 9.17) is 4.74 Å². The number of likely N-dealkylation sites (tertiary alicyclic amines) is 1. The monoisotopic (exact) mass is 370 g/mol. The largest absolute Gasteiger partial charge is 0.416 e. The molecule has 0 spiro atoms. The Hall–Kier alpha value is -1.60. The number of hydrogen-bond donors (Lipinski definition) is 0. The summed E-state index contributed by atoms with van der Waals surface area (Å²) in [5, 5.41) is 0. The summed E-state index contributed by atoms with van der Waals surface area (Å²) in [4.78, 5) is 16.7. The fourth-order valence-corrected chi connectivity index (χ4v) is 3.63. The summed E-state index contributed by atoms with van der Waals surface area (Å²) < 4.78 is 44.4. The van der Waals surface area contributed by atoms with Crippen molar-refractivity contribution in [2.75, 3.05) is 39.3 Å². The Kier molecular flexibility index (Phi) is 6.19. The topological polar surface area (TPSA) is 32.8 Å². The molecular weight excluding hydrogens is 345 g/mol. The second-order valence-electron chi connectivity index (χ2n) is 7.07. The van der Waals surface area contributed by atoms with E-state index in [1.807, 2.05) is 0 Å². The third-order valence-corrected chi connectivity index (χ3v) is 4.97. The van der Waals surface area contributed by atoms with Crippen molar-refractivity contribution in [3.05, 3.63) is 35.4 Å². The lowest BCUT2D eigenvalue weighted by Crippen LogP contribution is -2.42. The first-order chi connectivity index (χ1) is 12.4. The van der Waals surface area contributed by atoms with Crippen molar-refractivity contribution >= 4 is 5.91 Å². The van der Waals surface area contributed by atoms with Gasteiger partial charge in [0.05, 0.1) is 18.1 Å². The smallest absolute Gasteiger partial charge is 0.375 e. The van der Waals surface area contributed by atoms with E-state index in [-0.39, 0.29) is 18.4 Å². The van der Waals surface area contributed by atoms with Crippen molar-refractivity contribution in [1.29, 1.82) is 0 Å². The van der Waals surface area contributed by atoms with Crippen LogP contribution in [0.15, 0.2) is 24.3 Å². The summed E-state index contributed by atoms with van der Waals surface area (Å²) in [6.45, 7) is 4.66. The van der Waals surface area contributed by atoms with Gasteiger partial charge in [-0.3, -0.25) is 4.79 Å². The summed E-state index contributed by atoms with van der Waals surface area (Å²) in [5.74, 6) is -0.138. The van der Waals surface area contributed by atoms with Gasteiger partial charge in [-0.15, -0.1) is 0 Å². The number of amides is 1. The molecule has 0 radical (unpaired) electrons. The van der Waals surface area contributed by atoms with Crippen LogP contribution in [0.4, 0.5) is 13.2 Å². The first kappa shape index (κ1) is 19.2. The Morgan fingerprint density at radius 2 is 1.92 bits per heavy atom. The number of alkyl halides is 3. The van der Waals surface area contributed by atoms with E-state index in [1.165, 1.54) is 18.9 Å². The maximum atomic E-state index is 12.8. The molecule has 1 amide bonds. The van der Waals surface area contributed by atoms with Crippen molar-refractivity contribution in [3.8, 4) is 0 Å². The lowest BCUT2D eigenvalue weighted by atomic mass is 10.1. The summed E-state index contributed by atoms with van der Waals surface area (Å²) in [6, 6.07) is 5.02. The Morgan fingerprint density at radius 3 is 2.65 bits per heavy atom. The molecule has 2 fully saturated rings. The summed E-state index contributed by atoms with van der Waals surface area (Å²) in [5.41, 5.74) is -0.319. The van der Waals surface area contributed by atoms with Crippen LogP contribution in [0.3, 0.4) is 0 Å². The zero-order chi connectivity index (χ0) is 18.6. The van der Waals surface area contributed by atoms with E-state index in [9.17, 15) is 18.0 Å². The molecule has 2 heterocycles. The summed E-state index contributed by atoms with van der Waals surface area (Å²) in [6.07, 6.45) is -1.28. The predicted molar refractivity (Wildman–Crippen MR) is 91.8 cm³/mol. The van der Waals surface area contributed by atoms with Gasteiger partial charge in [-0.05, 0) is 44.0 Å². The molecule has 3 rings (SSSR count). The number of benzene rings is 1. The van der Waals surface area contributed by atoms with Gasteiger partial charge in [0.1, 0.15) is 0 Å². The molecule has 1 aromatic carbocycles. The highest BCUT2D eigenvalue weighted by Crippen LogP contribution is 2.29. The van der Waals surface area contributed by atoms with Crippen molar-refractivity contribution in [1.82, 2.24) is 9.80 Å². The molecule has 1 aromatic rings. The van der Waals surface area contributed by atoms with Crippen LogP contribution < -0.4 is 0 Å². The minimum atomic E-state index is -4.39. The van der Waals surface area contributed by atoms with E-state index in [2.05, 4.69) is 4.90 Å². The van der Waals surface area contributed by atoms with Gasteiger partial charge in [0.2, 0.25) is 5.91 Å². The van der Waals surface area contributed by atoms with Crippen LogP contribution in [0.25, 0.3) is 0 Å². The minimum absolute atomic E-state index is 0.0135. The number of carbonyl (C=O) groups excluding carboxylic acids is 1. The number of ether oxygens (including phenoxy) is 1. The third kappa shape index (κ3) is 5.20. The molecule has 0 aliphatic carbocycles. The highest BCUT2D eigenvalue weighted by Gasteiger charge is 2.31. The van der Waals surface area contributed by atoms with Gasteiger partial charge < -0.3 is 14.5 Å². The van der Waals surface area contributed by atoms with Crippen LogP contribution in [-0.2, 0) is 22.1 Å². The van der Waals surface area contributed by atoms with Crippen molar-refractivity contribution in [2.45, 2.75) is 38.0 Å². The molecule has 7 heteroatoms. The molecule has 0 unspecified atom stereocenters. The Bertz CT molecular complexity index is 615.